The predicted molar refractivity (Wildman–Crippen MR) is 121 cm³/mol. The molecule has 0 radical (unpaired) electrons. The Morgan fingerprint density at radius 3 is 1.45 bits per heavy atom. The maximum absolute atomic E-state index is 15.0. The van der Waals surface area contributed by atoms with Gasteiger partial charge in [-0.1, -0.05) is 103 Å². The molecule has 0 aliphatic carbocycles. The van der Waals surface area contributed by atoms with Gasteiger partial charge in [-0.05, 0) is 23.3 Å². The highest BCUT2D eigenvalue weighted by Crippen LogP contribution is 2.60. The smallest absolute Gasteiger partial charge is 0.154 e. The van der Waals surface area contributed by atoms with Crippen LogP contribution >= 0.6 is 7.14 Å². The van der Waals surface area contributed by atoms with Crippen LogP contribution in [0.4, 0.5) is 0 Å². The van der Waals surface area contributed by atoms with Crippen LogP contribution in [0.25, 0.3) is 0 Å². The summed E-state index contributed by atoms with van der Waals surface area (Å²) in [5, 5.41) is 1.71. The number of benzene rings is 4. The summed E-state index contributed by atoms with van der Waals surface area (Å²) in [4.78, 5) is 0. The molecule has 3 heteroatoms. The molecule has 4 aromatic rings. The van der Waals surface area contributed by atoms with Crippen LogP contribution in [0, 0.1) is 0 Å². The monoisotopic (exact) mass is 398 g/mol. The van der Waals surface area contributed by atoms with E-state index in [0.717, 1.165) is 27.5 Å². The minimum Gasteiger partial charge on any atom is -0.497 e. The molecule has 0 fully saturated rings. The lowest BCUT2D eigenvalue weighted by atomic mass is 10.0. The lowest BCUT2D eigenvalue weighted by Gasteiger charge is -2.30. The first kappa shape index (κ1) is 19.2. The summed E-state index contributed by atoms with van der Waals surface area (Å²) in [5.41, 5.74) is 1.75. The van der Waals surface area contributed by atoms with Gasteiger partial charge >= 0.3 is 0 Å². The second-order valence-electron chi connectivity index (χ2n) is 6.92. The first-order valence-electron chi connectivity index (χ1n) is 9.63. The van der Waals surface area contributed by atoms with Crippen LogP contribution in [0.1, 0.15) is 16.8 Å². The average Bonchev–Trinajstić information content (AvgIpc) is 2.81. The molecule has 0 aromatic heterocycles. The molecule has 2 nitrogen and oxygen atoms in total. The van der Waals surface area contributed by atoms with Crippen LogP contribution in [-0.2, 0) is 4.57 Å². The summed E-state index contributed by atoms with van der Waals surface area (Å²) >= 11 is 0. The maximum Gasteiger partial charge on any atom is 0.154 e. The maximum atomic E-state index is 15.0. The van der Waals surface area contributed by atoms with Gasteiger partial charge < -0.3 is 9.30 Å². The molecule has 0 saturated heterocycles. The van der Waals surface area contributed by atoms with E-state index in [2.05, 4.69) is 12.1 Å². The molecule has 1 atom stereocenters. The third-order valence-corrected chi connectivity index (χ3v) is 8.64. The normalized spacial score (nSPS) is 12.3. The Morgan fingerprint density at radius 1 is 0.586 bits per heavy atom. The highest BCUT2D eigenvalue weighted by atomic mass is 31.2. The highest BCUT2D eigenvalue weighted by molar-refractivity contribution is 7.79. The largest absolute Gasteiger partial charge is 0.497 e. The zero-order valence-electron chi connectivity index (χ0n) is 16.3. The Kier molecular flexibility index (Phi) is 5.64. The van der Waals surface area contributed by atoms with Crippen molar-refractivity contribution in [3.63, 3.8) is 0 Å². The van der Waals surface area contributed by atoms with Gasteiger partial charge in [0.15, 0.2) is 7.14 Å². The molecule has 1 unspecified atom stereocenters. The molecule has 0 saturated carbocycles. The van der Waals surface area contributed by atoms with Crippen LogP contribution in [0.15, 0.2) is 115 Å². The van der Waals surface area contributed by atoms with Gasteiger partial charge in [-0.15, -0.1) is 0 Å². The fourth-order valence-electron chi connectivity index (χ4n) is 3.78. The van der Waals surface area contributed by atoms with Crippen LogP contribution in [-0.4, -0.2) is 7.11 Å². The van der Waals surface area contributed by atoms with Crippen molar-refractivity contribution in [2.45, 2.75) is 5.66 Å². The standard InChI is InChI=1S/C26H23O2P/c1-28-23-19-17-22(18-20-23)26(21-11-5-2-6-12-21)29(27,24-13-7-3-8-14-24)25-15-9-4-10-16-25/h2-20,26H,1H3. The van der Waals surface area contributed by atoms with Gasteiger partial charge in [0.1, 0.15) is 5.75 Å². The first-order valence-corrected chi connectivity index (χ1v) is 11.4. The van der Waals surface area contributed by atoms with Crippen molar-refractivity contribution in [2.24, 2.45) is 0 Å². The van der Waals surface area contributed by atoms with E-state index in [1.165, 1.54) is 0 Å². The fraction of sp³-hybridized carbons (Fsp3) is 0.0769. The van der Waals surface area contributed by atoms with Gasteiger partial charge in [-0.3, -0.25) is 0 Å². The Bertz CT molecular complexity index is 1050. The number of ether oxygens (including phenoxy) is 1. The summed E-state index contributed by atoms with van der Waals surface area (Å²) in [6, 6.07) is 37.7. The van der Waals surface area contributed by atoms with Crippen LogP contribution in [0.2, 0.25) is 0 Å². The van der Waals surface area contributed by atoms with Gasteiger partial charge in [-0.2, -0.15) is 0 Å². The third kappa shape index (κ3) is 3.77. The van der Waals surface area contributed by atoms with Gasteiger partial charge in [0.2, 0.25) is 0 Å². The Labute approximate surface area is 172 Å². The van der Waals surface area contributed by atoms with Crippen molar-refractivity contribution in [1.29, 1.82) is 0 Å². The predicted octanol–water partition coefficient (Wildman–Crippen LogP) is 5.80. The summed E-state index contributed by atoms with van der Waals surface area (Å²) in [6.07, 6.45) is 0. The molecule has 0 aliphatic rings. The molecule has 0 aliphatic heterocycles. The molecule has 4 rings (SSSR count). The first-order chi connectivity index (χ1) is 14.2. The lowest BCUT2D eigenvalue weighted by molar-refractivity contribution is 0.414. The van der Waals surface area contributed by atoms with E-state index in [1.807, 2.05) is 103 Å². The lowest BCUT2D eigenvalue weighted by Crippen LogP contribution is -2.22. The van der Waals surface area contributed by atoms with Crippen LogP contribution < -0.4 is 15.3 Å². The Balaban J connectivity index is 2.00. The van der Waals surface area contributed by atoms with Crippen LogP contribution in [0.3, 0.4) is 0 Å². The number of rotatable bonds is 6. The Hall–Kier alpha value is -3.09. The molecule has 4 aromatic carbocycles. The van der Waals surface area contributed by atoms with E-state index in [0.29, 0.717) is 0 Å². The molecule has 29 heavy (non-hydrogen) atoms. The number of methoxy groups -OCH3 is 1. The van der Waals surface area contributed by atoms with E-state index in [-0.39, 0.29) is 5.66 Å². The van der Waals surface area contributed by atoms with Crippen LogP contribution in [0.5, 0.6) is 5.75 Å². The average molecular weight is 398 g/mol. The summed E-state index contributed by atoms with van der Waals surface area (Å²) in [5.74, 6) is 0.787. The van der Waals surface area contributed by atoms with Crippen molar-refractivity contribution < 1.29 is 9.30 Å². The molecular formula is C26H23O2P. The van der Waals surface area contributed by atoms with E-state index in [1.54, 1.807) is 7.11 Å². The summed E-state index contributed by atoms with van der Waals surface area (Å²) in [7, 11) is -1.39. The molecule has 0 N–H and O–H groups in total. The second-order valence-corrected chi connectivity index (χ2v) is 9.78. The number of hydrogen-bond donors (Lipinski definition) is 0. The molecule has 144 valence electrons. The van der Waals surface area contributed by atoms with Crippen molar-refractivity contribution in [3.8, 4) is 5.75 Å². The van der Waals surface area contributed by atoms with Crippen molar-refractivity contribution in [3.05, 3.63) is 126 Å². The molecule has 0 bridgehead atoms. The third-order valence-electron chi connectivity index (χ3n) is 5.19. The van der Waals surface area contributed by atoms with E-state index in [9.17, 15) is 0 Å². The van der Waals surface area contributed by atoms with E-state index >= 15 is 4.57 Å². The van der Waals surface area contributed by atoms with Gasteiger partial charge in [0.05, 0.1) is 12.8 Å². The number of hydrogen-bond acceptors (Lipinski definition) is 2. The minimum absolute atomic E-state index is 0.292. The second kappa shape index (κ2) is 8.51. The minimum atomic E-state index is -3.04. The molecule has 0 amide bonds. The SMILES string of the molecule is COc1ccc(C(c2ccccc2)P(=O)(c2ccccc2)c2ccccc2)cc1. The molecule has 0 spiro atoms. The van der Waals surface area contributed by atoms with Gasteiger partial charge in [0, 0.05) is 10.6 Å². The quantitative estimate of drug-likeness (QED) is 0.384. The van der Waals surface area contributed by atoms with Crippen molar-refractivity contribution in [1.82, 2.24) is 0 Å². The molecule has 0 heterocycles. The Morgan fingerprint density at radius 2 is 1.00 bits per heavy atom. The van der Waals surface area contributed by atoms with E-state index in [4.69, 9.17) is 4.74 Å². The van der Waals surface area contributed by atoms with Crippen molar-refractivity contribution in [2.75, 3.05) is 7.11 Å². The van der Waals surface area contributed by atoms with Crippen molar-refractivity contribution >= 4 is 17.8 Å². The summed E-state index contributed by atoms with van der Waals surface area (Å²) < 4.78 is 20.4. The van der Waals surface area contributed by atoms with Gasteiger partial charge in [0.25, 0.3) is 0 Å². The highest BCUT2D eigenvalue weighted by Gasteiger charge is 2.38. The zero-order valence-corrected chi connectivity index (χ0v) is 17.2. The summed E-state index contributed by atoms with van der Waals surface area (Å²) in [6.45, 7) is 0. The zero-order chi connectivity index (χ0) is 20.1. The molecular weight excluding hydrogens is 375 g/mol. The van der Waals surface area contributed by atoms with Gasteiger partial charge in [-0.25, -0.2) is 0 Å². The topological polar surface area (TPSA) is 26.3 Å². The fourth-order valence-corrected chi connectivity index (χ4v) is 7.09. The van der Waals surface area contributed by atoms with E-state index < -0.39 is 7.14 Å².